The third-order valence-electron chi connectivity index (χ3n) is 3.56. The molecule has 0 fully saturated rings. The van der Waals surface area contributed by atoms with E-state index in [1.165, 1.54) is 32.1 Å². The Morgan fingerprint density at radius 1 is 0.900 bits per heavy atom. The number of hydrogen-bond donors (Lipinski definition) is 1. The first-order valence-corrected chi connectivity index (χ1v) is 8.54. The first-order valence-electron chi connectivity index (χ1n) is 9.04. The standard InChI is InChI=1S/C18H34O2/c1-2-3-4-5-6-7-8-9-10-11-12-13-14-15-16-17-18(19)20/h9-10H,2-8,11-17H2,1H3,(H,19,20)/b10-9-/i9D. The molecule has 20 heavy (non-hydrogen) atoms. The lowest BCUT2D eigenvalue weighted by molar-refractivity contribution is -0.137. The van der Waals surface area contributed by atoms with E-state index in [1.807, 2.05) is 0 Å². The van der Waals surface area contributed by atoms with Crippen molar-refractivity contribution in [3.8, 4) is 0 Å². The van der Waals surface area contributed by atoms with Crippen molar-refractivity contribution in [2.75, 3.05) is 0 Å². The molecule has 0 rings (SSSR count). The smallest absolute Gasteiger partial charge is 0.303 e. The monoisotopic (exact) mass is 283 g/mol. The maximum atomic E-state index is 10.3. The van der Waals surface area contributed by atoms with Crippen molar-refractivity contribution in [2.45, 2.75) is 96.8 Å². The molecule has 0 spiro atoms. The van der Waals surface area contributed by atoms with Gasteiger partial charge in [0.05, 0.1) is 1.37 Å². The van der Waals surface area contributed by atoms with Crippen molar-refractivity contribution < 1.29 is 11.3 Å². The van der Waals surface area contributed by atoms with E-state index in [0.717, 1.165) is 57.4 Å². The Hall–Kier alpha value is -0.790. The summed E-state index contributed by atoms with van der Waals surface area (Å²) in [5.74, 6) is -0.688. The number of rotatable bonds is 15. The number of hydrogen-bond acceptors (Lipinski definition) is 1. The van der Waals surface area contributed by atoms with E-state index < -0.39 is 5.97 Å². The lowest BCUT2D eigenvalue weighted by Gasteiger charge is -1.99. The second kappa shape index (κ2) is 16.3. The van der Waals surface area contributed by atoms with Crippen LogP contribution in [0.2, 0.25) is 0 Å². The van der Waals surface area contributed by atoms with E-state index in [-0.39, 0.29) is 0 Å². The molecule has 0 aromatic rings. The number of allylic oxidation sites excluding steroid dienone is 2. The minimum Gasteiger partial charge on any atom is -0.481 e. The van der Waals surface area contributed by atoms with Gasteiger partial charge in [-0.05, 0) is 32.1 Å². The molecule has 2 heteroatoms. The molecule has 1 N–H and O–H groups in total. The van der Waals surface area contributed by atoms with Gasteiger partial charge in [-0.1, -0.05) is 70.4 Å². The Morgan fingerprint density at radius 3 is 2.10 bits per heavy atom. The van der Waals surface area contributed by atoms with Crippen LogP contribution in [0.4, 0.5) is 0 Å². The maximum absolute atomic E-state index is 10.3. The van der Waals surface area contributed by atoms with Crippen LogP contribution in [0.25, 0.3) is 0 Å². The molecule has 0 aliphatic heterocycles. The van der Waals surface area contributed by atoms with Crippen LogP contribution in [0.1, 0.15) is 98.2 Å². The van der Waals surface area contributed by atoms with Crippen LogP contribution in [0, 0.1) is 0 Å². The fraction of sp³-hybridized carbons (Fsp3) is 0.833. The molecular formula is C18H34O2. The highest BCUT2D eigenvalue weighted by Gasteiger charge is 1.95. The van der Waals surface area contributed by atoms with Gasteiger partial charge < -0.3 is 5.11 Å². The molecule has 0 aliphatic rings. The van der Waals surface area contributed by atoms with E-state index in [2.05, 4.69) is 13.0 Å². The predicted octanol–water partition coefficient (Wildman–Crippen LogP) is 6.11. The van der Waals surface area contributed by atoms with Gasteiger partial charge in [0.15, 0.2) is 0 Å². The summed E-state index contributed by atoms with van der Waals surface area (Å²) < 4.78 is 7.88. The maximum Gasteiger partial charge on any atom is 0.303 e. The van der Waals surface area contributed by atoms with E-state index in [9.17, 15) is 4.79 Å². The normalized spacial score (nSPS) is 12.4. The van der Waals surface area contributed by atoms with Crippen molar-refractivity contribution in [3.05, 3.63) is 12.1 Å². The van der Waals surface area contributed by atoms with Crippen LogP contribution in [0.3, 0.4) is 0 Å². The Kier molecular flexibility index (Phi) is 14.0. The molecule has 0 radical (unpaired) electrons. The third-order valence-corrected chi connectivity index (χ3v) is 3.56. The highest BCUT2D eigenvalue weighted by atomic mass is 16.4. The zero-order valence-electron chi connectivity index (χ0n) is 14.3. The minimum absolute atomic E-state index is 0.301. The van der Waals surface area contributed by atoms with E-state index in [1.54, 1.807) is 0 Å². The summed E-state index contributed by atoms with van der Waals surface area (Å²) in [4.78, 5) is 10.3. The highest BCUT2D eigenvalue weighted by molar-refractivity contribution is 5.66. The fourth-order valence-electron chi connectivity index (χ4n) is 2.26. The molecule has 0 heterocycles. The van der Waals surface area contributed by atoms with Crippen LogP contribution < -0.4 is 0 Å². The SMILES string of the molecule is [2H]/C(=C/CCCCCCCC(=O)O)CCCCCCCC. The van der Waals surface area contributed by atoms with Gasteiger partial charge in [-0.25, -0.2) is 0 Å². The van der Waals surface area contributed by atoms with Crippen LogP contribution in [-0.4, -0.2) is 11.1 Å². The van der Waals surface area contributed by atoms with Crippen LogP contribution >= 0.6 is 0 Å². The zero-order chi connectivity index (χ0) is 15.8. The molecule has 2 nitrogen and oxygen atoms in total. The third kappa shape index (κ3) is 17.2. The van der Waals surface area contributed by atoms with Crippen molar-refractivity contribution >= 4 is 5.97 Å². The molecular weight excluding hydrogens is 248 g/mol. The lowest BCUT2D eigenvalue weighted by atomic mass is 10.1. The van der Waals surface area contributed by atoms with Crippen molar-refractivity contribution in [1.29, 1.82) is 0 Å². The summed E-state index contributed by atoms with van der Waals surface area (Å²) in [5, 5.41) is 8.52. The number of unbranched alkanes of at least 4 members (excludes halogenated alkanes) is 10. The molecule has 118 valence electrons. The predicted molar refractivity (Wildman–Crippen MR) is 87.1 cm³/mol. The van der Waals surface area contributed by atoms with Gasteiger partial charge in [-0.15, -0.1) is 0 Å². The van der Waals surface area contributed by atoms with Crippen LogP contribution in [0.5, 0.6) is 0 Å². The number of aliphatic carboxylic acids is 1. The van der Waals surface area contributed by atoms with Gasteiger partial charge in [0.1, 0.15) is 0 Å². The number of carbonyl (C=O) groups is 1. The topological polar surface area (TPSA) is 37.3 Å². The van der Waals surface area contributed by atoms with Gasteiger partial charge in [0.25, 0.3) is 0 Å². The zero-order valence-corrected chi connectivity index (χ0v) is 13.3. The van der Waals surface area contributed by atoms with Crippen molar-refractivity contribution in [2.24, 2.45) is 0 Å². The first-order chi connectivity index (χ1) is 10.2. The molecule has 0 aromatic heterocycles. The van der Waals surface area contributed by atoms with Crippen LogP contribution in [0.15, 0.2) is 12.1 Å². The second-order valence-electron chi connectivity index (χ2n) is 5.63. The lowest BCUT2D eigenvalue weighted by Crippen LogP contribution is -1.93. The minimum atomic E-state index is -0.688. The Morgan fingerprint density at radius 2 is 1.45 bits per heavy atom. The molecule has 0 atom stereocenters. The van der Waals surface area contributed by atoms with Crippen molar-refractivity contribution in [1.82, 2.24) is 0 Å². The summed E-state index contributed by atoms with van der Waals surface area (Å²) in [6, 6.07) is 0.802. The summed E-state index contributed by atoms with van der Waals surface area (Å²) >= 11 is 0. The number of carboxylic acid groups (broad SMARTS) is 1. The first kappa shape index (κ1) is 17.3. The van der Waals surface area contributed by atoms with E-state index in [4.69, 9.17) is 6.48 Å². The van der Waals surface area contributed by atoms with Gasteiger partial charge in [-0.3, -0.25) is 4.79 Å². The molecule has 0 aliphatic carbocycles. The highest BCUT2D eigenvalue weighted by Crippen LogP contribution is 2.09. The largest absolute Gasteiger partial charge is 0.481 e. The van der Waals surface area contributed by atoms with Gasteiger partial charge >= 0.3 is 5.97 Å². The average molecular weight is 283 g/mol. The van der Waals surface area contributed by atoms with Crippen LogP contribution in [-0.2, 0) is 4.79 Å². The molecule has 0 aromatic carbocycles. The average Bonchev–Trinajstić information content (AvgIpc) is 2.45. The molecule has 0 amide bonds. The molecule has 0 unspecified atom stereocenters. The van der Waals surface area contributed by atoms with E-state index in [0.29, 0.717) is 6.42 Å². The second-order valence-corrected chi connectivity index (χ2v) is 5.63. The summed E-state index contributed by atoms with van der Waals surface area (Å²) in [6.07, 6.45) is 17.3. The Balaban J connectivity index is 3.29. The molecule has 0 bridgehead atoms. The van der Waals surface area contributed by atoms with Gasteiger partial charge in [0.2, 0.25) is 0 Å². The Labute approximate surface area is 127 Å². The van der Waals surface area contributed by atoms with Gasteiger partial charge in [0, 0.05) is 6.42 Å². The van der Waals surface area contributed by atoms with E-state index >= 15 is 0 Å². The quantitative estimate of drug-likeness (QED) is 0.291. The number of carboxylic acids is 1. The summed E-state index contributed by atoms with van der Waals surface area (Å²) in [6.45, 7) is 2.23. The summed E-state index contributed by atoms with van der Waals surface area (Å²) in [7, 11) is 0. The Bertz CT molecular complexity index is 274. The van der Waals surface area contributed by atoms with Gasteiger partial charge in [-0.2, -0.15) is 0 Å². The fourth-order valence-corrected chi connectivity index (χ4v) is 2.26. The molecule has 0 saturated heterocycles. The summed E-state index contributed by atoms with van der Waals surface area (Å²) in [5.41, 5.74) is 0. The van der Waals surface area contributed by atoms with Crippen molar-refractivity contribution in [3.63, 3.8) is 0 Å². The molecule has 0 saturated carbocycles.